The zero-order valence-electron chi connectivity index (χ0n) is 22.4. The average Bonchev–Trinajstić information content (AvgIpc) is 3.34. The van der Waals surface area contributed by atoms with Gasteiger partial charge in [0.15, 0.2) is 9.75 Å². The molecule has 2 N–H and O–H groups in total. The van der Waals surface area contributed by atoms with Crippen molar-refractivity contribution in [1.29, 1.82) is 0 Å². The van der Waals surface area contributed by atoms with Crippen LogP contribution in [0.5, 0.6) is 5.75 Å². The van der Waals surface area contributed by atoms with Crippen LogP contribution in [0.25, 0.3) is 0 Å². The van der Waals surface area contributed by atoms with Gasteiger partial charge in [0.2, 0.25) is 11.8 Å². The predicted molar refractivity (Wildman–Crippen MR) is 158 cm³/mol. The molecule has 4 aliphatic rings. The summed E-state index contributed by atoms with van der Waals surface area (Å²) in [6.45, 7) is -0.320. The summed E-state index contributed by atoms with van der Waals surface area (Å²) >= 11 is 17.7. The third-order valence-corrected chi connectivity index (χ3v) is 10.9. The second kappa shape index (κ2) is 10.7. The van der Waals surface area contributed by atoms with E-state index in [0.29, 0.717) is 16.9 Å². The van der Waals surface area contributed by atoms with Crippen molar-refractivity contribution in [3.8, 4) is 5.75 Å². The van der Waals surface area contributed by atoms with Crippen molar-refractivity contribution in [2.45, 2.75) is 28.5 Å². The molecule has 2 aliphatic heterocycles. The number of aliphatic hydroxyl groups excluding tert-OH is 1. The van der Waals surface area contributed by atoms with E-state index in [1.807, 2.05) is 0 Å². The molecule has 3 fully saturated rings. The van der Waals surface area contributed by atoms with Crippen LogP contribution >= 0.6 is 39.1 Å². The number of nitrogens with zero attached hydrogens (tertiary/aromatic N) is 2. The minimum atomic E-state index is -1.99. The number of carbonyl (C=O) groups is 5. The fourth-order valence-electron chi connectivity index (χ4n) is 7.14. The maximum atomic E-state index is 14.1. The number of fused-ring (bicyclic) bond motifs is 4. The van der Waals surface area contributed by atoms with Crippen LogP contribution in [0.15, 0.2) is 60.2 Å². The zero-order valence-corrected chi connectivity index (χ0v) is 25.5. The van der Waals surface area contributed by atoms with E-state index >= 15 is 0 Å². The molecule has 2 aliphatic carbocycles. The number of allylic oxidation sites excluding steroid dienone is 2. The van der Waals surface area contributed by atoms with E-state index in [1.165, 1.54) is 24.3 Å². The van der Waals surface area contributed by atoms with Crippen LogP contribution in [0.4, 0.5) is 5.69 Å². The lowest BCUT2D eigenvalue weighted by Crippen LogP contribution is -2.60. The summed E-state index contributed by atoms with van der Waals surface area (Å²) in [4.78, 5) is 65.1. The third-order valence-electron chi connectivity index (χ3n) is 8.94. The van der Waals surface area contributed by atoms with Crippen molar-refractivity contribution in [3.05, 3.63) is 71.3 Å². The smallest absolute Gasteiger partial charge is 0.335 e. The highest BCUT2D eigenvalue weighted by atomic mass is 79.9. The highest BCUT2D eigenvalue weighted by Gasteiger charge is 2.76. The fraction of sp³-hybridized carbons (Fsp3) is 0.367. The number of benzene rings is 2. The van der Waals surface area contributed by atoms with Gasteiger partial charge in [-0.3, -0.25) is 29.0 Å². The Morgan fingerprint density at radius 3 is 2.47 bits per heavy atom. The molecule has 4 amide bonds. The number of para-hydroxylation sites is 1. The Bertz CT molecular complexity index is 1620. The van der Waals surface area contributed by atoms with Gasteiger partial charge < -0.3 is 14.9 Å². The van der Waals surface area contributed by atoms with Crippen molar-refractivity contribution in [3.63, 3.8) is 0 Å². The zero-order chi connectivity index (χ0) is 30.8. The van der Waals surface area contributed by atoms with Gasteiger partial charge in [-0.1, -0.05) is 51.8 Å². The number of imide groups is 2. The maximum Gasteiger partial charge on any atom is 0.335 e. The van der Waals surface area contributed by atoms with Crippen molar-refractivity contribution < 1.29 is 38.9 Å². The number of ether oxygens (including phenoxy) is 1. The van der Waals surface area contributed by atoms with Crippen LogP contribution in [0.2, 0.25) is 0 Å². The first-order chi connectivity index (χ1) is 20.5. The normalized spacial score (nSPS) is 31.5. The van der Waals surface area contributed by atoms with Crippen molar-refractivity contribution >= 4 is 74.4 Å². The number of amides is 4. The second-order valence-electron chi connectivity index (χ2n) is 11.0. The molecule has 0 unspecified atom stereocenters. The van der Waals surface area contributed by atoms with E-state index in [1.54, 1.807) is 30.3 Å². The van der Waals surface area contributed by atoms with Crippen LogP contribution in [0.3, 0.4) is 0 Å². The van der Waals surface area contributed by atoms with Gasteiger partial charge in [0, 0.05) is 11.5 Å². The first-order valence-electron chi connectivity index (χ1n) is 13.5. The number of aromatic carboxylic acids is 1. The van der Waals surface area contributed by atoms with Gasteiger partial charge in [0.05, 0.1) is 35.1 Å². The van der Waals surface area contributed by atoms with Crippen LogP contribution in [-0.4, -0.2) is 73.1 Å². The van der Waals surface area contributed by atoms with Gasteiger partial charge in [0.25, 0.3) is 11.8 Å². The molecule has 1 saturated carbocycles. The number of anilines is 1. The lowest BCUT2D eigenvalue weighted by molar-refractivity contribution is -0.138. The summed E-state index contributed by atoms with van der Waals surface area (Å²) in [5, 5.41) is 18.9. The number of carboxylic acid groups (broad SMARTS) is 1. The summed E-state index contributed by atoms with van der Waals surface area (Å²) < 4.78 is 5.82. The molecule has 2 aromatic rings. The Morgan fingerprint density at radius 2 is 1.77 bits per heavy atom. The second-order valence-corrected chi connectivity index (χ2v) is 12.7. The Balaban J connectivity index is 1.51. The van der Waals surface area contributed by atoms with Crippen LogP contribution in [-0.2, 0) is 19.2 Å². The number of carboxylic acids is 1. The number of likely N-dealkylation sites (tertiary alicyclic amines) is 1. The molecule has 10 nitrogen and oxygen atoms in total. The van der Waals surface area contributed by atoms with Gasteiger partial charge in [-0.15, -0.1) is 23.2 Å². The Morgan fingerprint density at radius 1 is 1.02 bits per heavy atom. The first-order valence-corrected chi connectivity index (χ1v) is 15.4. The number of hydrogen-bond donors (Lipinski definition) is 2. The fourth-order valence-corrected chi connectivity index (χ4v) is 8.55. The molecule has 6 rings (SSSR count). The Labute approximate surface area is 264 Å². The minimum Gasteiger partial charge on any atom is -0.491 e. The minimum absolute atomic E-state index is 0.0457. The molecule has 0 radical (unpaired) electrons. The van der Waals surface area contributed by atoms with E-state index in [4.69, 9.17) is 27.9 Å². The molecule has 2 heterocycles. The molecule has 0 spiro atoms. The summed E-state index contributed by atoms with van der Waals surface area (Å²) in [5.74, 6) is -6.84. The topological polar surface area (TPSA) is 142 Å². The predicted octanol–water partition coefficient (Wildman–Crippen LogP) is 3.67. The molecule has 0 bridgehead atoms. The summed E-state index contributed by atoms with van der Waals surface area (Å²) in [7, 11) is 0. The van der Waals surface area contributed by atoms with Gasteiger partial charge in [-0.25, -0.2) is 4.79 Å². The van der Waals surface area contributed by atoms with Crippen LogP contribution in [0, 0.1) is 17.8 Å². The number of hydrogen-bond acceptors (Lipinski definition) is 7. The van der Waals surface area contributed by atoms with Crippen LogP contribution < -0.4 is 9.64 Å². The van der Waals surface area contributed by atoms with Crippen molar-refractivity contribution in [2.75, 3.05) is 23.6 Å². The molecule has 2 saturated heterocycles. The largest absolute Gasteiger partial charge is 0.491 e. The van der Waals surface area contributed by atoms with Gasteiger partial charge in [-0.2, -0.15) is 0 Å². The van der Waals surface area contributed by atoms with Crippen molar-refractivity contribution in [2.24, 2.45) is 17.8 Å². The van der Waals surface area contributed by atoms with Gasteiger partial charge in [0.1, 0.15) is 12.4 Å². The number of halogens is 3. The SMILES string of the molecule is O=C(O)c1cccc(N2C(=O)[C@H]3[C@H](CC=C4[C@H]3C[C@@]3(Cl)C(=O)N(CBr)C(=O)[C@@]3(Cl)[C@H]4c3ccccc3OCCO)C2=O)c1. The third kappa shape index (κ3) is 4.12. The molecular formula is C30H25BrCl2N2O8. The Kier molecular flexibility index (Phi) is 7.44. The maximum absolute atomic E-state index is 14.1. The van der Waals surface area contributed by atoms with Crippen LogP contribution in [0.1, 0.15) is 34.7 Å². The van der Waals surface area contributed by atoms with E-state index in [9.17, 15) is 34.2 Å². The van der Waals surface area contributed by atoms with Gasteiger partial charge in [-0.05, 0) is 43.0 Å². The summed E-state index contributed by atoms with van der Waals surface area (Å²) in [6.07, 6.45) is 1.77. The quantitative estimate of drug-likeness (QED) is 0.194. The number of carbonyl (C=O) groups excluding carboxylic acids is 4. The molecular weight excluding hydrogens is 667 g/mol. The lowest BCUT2D eigenvalue weighted by atomic mass is 9.56. The highest BCUT2D eigenvalue weighted by molar-refractivity contribution is 9.09. The molecule has 43 heavy (non-hydrogen) atoms. The molecule has 0 aromatic heterocycles. The molecule has 224 valence electrons. The number of rotatable bonds is 7. The van der Waals surface area contributed by atoms with Crippen molar-refractivity contribution in [1.82, 2.24) is 4.90 Å². The number of aliphatic hydroxyl groups is 1. The summed E-state index contributed by atoms with van der Waals surface area (Å²) in [5.41, 5.74) is 0.939. The van der Waals surface area contributed by atoms with E-state index < -0.39 is 63.0 Å². The number of alkyl halides is 3. The lowest BCUT2D eigenvalue weighted by Gasteiger charge is -2.51. The summed E-state index contributed by atoms with van der Waals surface area (Å²) in [6, 6.07) is 12.4. The highest BCUT2D eigenvalue weighted by Crippen LogP contribution is 2.66. The Hall–Kier alpha value is -3.25. The standard InChI is InChI=1S/C30H25BrCl2N2O8/c31-14-34-27(41)29(32)13-20-17(23(30(29,33)28(34)42)18-6-1-2-7-21(18)43-11-10-36)8-9-19-22(20)25(38)35(24(19)37)16-5-3-4-15(12-16)26(39)40/h1-8,12,19-20,22-23,36H,9-11,13-14H2,(H,39,40)/t19-,20+,22-,23+,29+,30-/m0/s1. The molecule has 6 atom stereocenters. The van der Waals surface area contributed by atoms with Gasteiger partial charge >= 0.3 is 5.97 Å². The first kappa shape index (κ1) is 29.8. The monoisotopic (exact) mass is 690 g/mol. The van der Waals surface area contributed by atoms with E-state index in [2.05, 4.69) is 15.9 Å². The average molecular weight is 692 g/mol. The van der Waals surface area contributed by atoms with E-state index in [-0.39, 0.29) is 42.8 Å². The molecule has 2 aromatic carbocycles. The molecule has 13 heteroatoms. The van der Waals surface area contributed by atoms with E-state index in [0.717, 1.165) is 9.80 Å².